The fourth-order valence-electron chi connectivity index (χ4n) is 2.67. The lowest BCUT2D eigenvalue weighted by atomic mass is 10.1. The zero-order valence-corrected chi connectivity index (χ0v) is 12.1. The van der Waals surface area contributed by atoms with Gasteiger partial charge < -0.3 is 14.8 Å². The lowest BCUT2D eigenvalue weighted by Crippen LogP contribution is -2.15. The maximum atomic E-state index is 5.85. The second kappa shape index (κ2) is 7.09. The van der Waals surface area contributed by atoms with Crippen LogP contribution in [0.4, 0.5) is 0 Å². The average molecular weight is 275 g/mol. The molecule has 3 rings (SSSR count). The molecule has 0 aromatic heterocycles. The first kappa shape index (κ1) is 13.9. The molecule has 20 heavy (non-hydrogen) atoms. The number of hydrogen-bond donors (Lipinski definition) is 1. The molecule has 1 aliphatic carbocycles. The largest absolute Gasteiger partial charge is 0.494 e. The van der Waals surface area contributed by atoms with Crippen LogP contribution in [0.5, 0.6) is 5.75 Å². The highest BCUT2D eigenvalue weighted by atomic mass is 16.5. The van der Waals surface area contributed by atoms with Gasteiger partial charge in [-0.2, -0.15) is 0 Å². The van der Waals surface area contributed by atoms with Crippen molar-refractivity contribution in [3.63, 3.8) is 0 Å². The van der Waals surface area contributed by atoms with Crippen LogP contribution in [0, 0.1) is 0 Å². The van der Waals surface area contributed by atoms with E-state index in [-0.39, 0.29) is 0 Å². The van der Waals surface area contributed by atoms with Gasteiger partial charge in [-0.25, -0.2) is 0 Å². The highest BCUT2D eigenvalue weighted by molar-refractivity contribution is 5.28. The van der Waals surface area contributed by atoms with Crippen molar-refractivity contribution >= 4 is 0 Å². The molecule has 2 fully saturated rings. The van der Waals surface area contributed by atoms with Crippen molar-refractivity contribution < 1.29 is 9.47 Å². The van der Waals surface area contributed by atoms with E-state index in [1.165, 1.54) is 31.2 Å². The van der Waals surface area contributed by atoms with Gasteiger partial charge in [0.05, 0.1) is 12.7 Å². The molecule has 1 unspecified atom stereocenters. The summed E-state index contributed by atoms with van der Waals surface area (Å²) in [4.78, 5) is 0. The lowest BCUT2D eigenvalue weighted by molar-refractivity contribution is 0.0981. The van der Waals surface area contributed by atoms with Crippen molar-refractivity contribution in [3.8, 4) is 5.75 Å². The zero-order valence-electron chi connectivity index (χ0n) is 12.1. The number of ether oxygens (including phenoxy) is 2. The average Bonchev–Trinajstić information content (AvgIpc) is 3.17. The summed E-state index contributed by atoms with van der Waals surface area (Å²) >= 11 is 0. The third-order valence-electron chi connectivity index (χ3n) is 4.03. The Morgan fingerprint density at radius 3 is 3.00 bits per heavy atom. The van der Waals surface area contributed by atoms with Crippen LogP contribution in [0.2, 0.25) is 0 Å². The van der Waals surface area contributed by atoms with Crippen LogP contribution in [-0.4, -0.2) is 25.4 Å². The van der Waals surface area contributed by atoms with Crippen molar-refractivity contribution in [1.82, 2.24) is 5.32 Å². The van der Waals surface area contributed by atoms with Gasteiger partial charge >= 0.3 is 0 Å². The summed E-state index contributed by atoms with van der Waals surface area (Å²) in [6, 6.07) is 9.20. The van der Waals surface area contributed by atoms with Gasteiger partial charge in [0.25, 0.3) is 0 Å². The number of benzene rings is 1. The SMILES string of the molecule is c1cc(CNC2CC2)cc(OCCCC2CCCO2)c1. The Bertz CT molecular complexity index is 411. The fourth-order valence-corrected chi connectivity index (χ4v) is 2.67. The lowest BCUT2D eigenvalue weighted by Gasteiger charge is -2.11. The Labute approximate surface area is 121 Å². The number of hydrogen-bond acceptors (Lipinski definition) is 3. The normalized spacial score (nSPS) is 22.1. The smallest absolute Gasteiger partial charge is 0.119 e. The summed E-state index contributed by atoms with van der Waals surface area (Å²) in [6.07, 6.45) is 7.80. The Morgan fingerprint density at radius 1 is 1.25 bits per heavy atom. The van der Waals surface area contributed by atoms with Gasteiger partial charge in [0.2, 0.25) is 0 Å². The summed E-state index contributed by atoms with van der Waals surface area (Å²) in [5, 5.41) is 3.53. The molecule has 1 heterocycles. The van der Waals surface area contributed by atoms with Gasteiger partial charge in [0.1, 0.15) is 5.75 Å². The Hall–Kier alpha value is -1.06. The molecule has 1 atom stereocenters. The standard InChI is InChI=1S/C17H25NO2/c1-4-14(13-18-15-8-9-15)12-17(5-1)20-11-3-7-16-6-2-10-19-16/h1,4-5,12,15-16,18H,2-3,6-11,13H2. The molecule has 2 aliphatic rings. The third-order valence-corrected chi connectivity index (χ3v) is 4.03. The van der Waals surface area contributed by atoms with E-state index in [2.05, 4.69) is 23.5 Å². The Balaban J connectivity index is 1.36. The van der Waals surface area contributed by atoms with Crippen LogP contribution < -0.4 is 10.1 Å². The molecule has 1 saturated heterocycles. The molecule has 3 heteroatoms. The van der Waals surface area contributed by atoms with Gasteiger partial charge in [0, 0.05) is 19.2 Å². The number of nitrogens with one attached hydrogen (secondary N) is 1. The Morgan fingerprint density at radius 2 is 2.20 bits per heavy atom. The van der Waals surface area contributed by atoms with Crippen LogP contribution in [0.15, 0.2) is 24.3 Å². The highest BCUT2D eigenvalue weighted by Gasteiger charge is 2.19. The topological polar surface area (TPSA) is 30.5 Å². The molecular formula is C17H25NO2. The van der Waals surface area contributed by atoms with Crippen LogP contribution in [0.3, 0.4) is 0 Å². The van der Waals surface area contributed by atoms with E-state index in [1.54, 1.807) is 0 Å². The maximum Gasteiger partial charge on any atom is 0.119 e. The van der Waals surface area contributed by atoms with E-state index in [4.69, 9.17) is 9.47 Å². The van der Waals surface area contributed by atoms with E-state index < -0.39 is 0 Å². The maximum absolute atomic E-state index is 5.85. The molecule has 110 valence electrons. The van der Waals surface area contributed by atoms with Gasteiger partial charge in [-0.15, -0.1) is 0 Å². The monoisotopic (exact) mass is 275 g/mol. The molecule has 1 N–H and O–H groups in total. The van der Waals surface area contributed by atoms with Crippen molar-refractivity contribution in [2.24, 2.45) is 0 Å². The third kappa shape index (κ3) is 4.50. The fraction of sp³-hybridized carbons (Fsp3) is 0.647. The molecule has 3 nitrogen and oxygen atoms in total. The van der Waals surface area contributed by atoms with Crippen molar-refractivity contribution in [2.45, 2.75) is 57.2 Å². The van der Waals surface area contributed by atoms with Gasteiger partial charge in [-0.1, -0.05) is 12.1 Å². The summed E-state index contributed by atoms with van der Waals surface area (Å²) < 4.78 is 11.5. The van der Waals surface area contributed by atoms with Crippen LogP contribution >= 0.6 is 0 Å². The molecular weight excluding hydrogens is 250 g/mol. The minimum Gasteiger partial charge on any atom is -0.494 e. The first-order valence-corrected chi connectivity index (χ1v) is 7.97. The summed E-state index contributed by atoms with van der Waals surface area (Å²) in [7, 11) is 0. The minimum absolute atomic E-state index is 0.479. The molecule has 1 aromatic carbocycles. The van der Waals surface area contributed by atoms with E-state index in [0.717, 1.165) is 44.4 Å². The van der Waals surface area contributed by atoms with E-state index >= 15 is 0 Å². The van der Waals surface area contributed by atoms with Gasteiger partial charge in [-0.3, -0.25) is 0 Å². The highest BCUT2D eigenvalue weighted by Crippen LogP contribution is 2.21. The predicted molar refractivity (Wildman–Crippen MR) is 80.0 cm³/mol. The number of rotatable bonds is 8. The van der Waals surface area contributed by atoms with E-state index in [1.807, 2.05) is 6.07 Å². The van der Waals surface area contributed by atoms with Crippen LogP contribution in [-0.2, 0) is 11.3 Å². The zero-order chi connectivity index (χ0) is 13.6. The molecule has 0 spiro atoms. The molecule has 0 radical (unpaired) electrons. The first-order chi connectivity index (χ1) is 9.90. The van der Waals surface area contributed by atoms with E-state index in [0.29, 0.717) is 6.10 Å². The molecule has 1 aliphatic heterocycles. The Kier molecular flexibility index (Phi) is 4.93. The molecule has 0 amide bonds. The molecule has 1 aromatic rings. The van der Waals surface area contributed by atoms with Crippen molar-refractivity contribution in [3.05, 3.63) is 29.8 Å². The first-order valence-electron chi connectivity index (χ1n) is 7.97. The quantitative estimate of drug-likeness (QED) is 0.739. The van der Waals surface area contributed by atoms with E-state index in [9.17, 15) is 0 Å². The van der Waals surface area contributed by atoms with Crippen molar-refractivity contribution in [2.75, 3.05) is 13.2 Å². The van der Waals surface area contributed by atoms with Crippen LogP contribution in [0.1, 0.15) is 44.1 Å². The van der Waals surface area contributed by atoms with Crippen LogP contribution in [0.25, 0.3) is 0 Å². The van der Waals surface area contributed by atoms with Crippen molar-refractivity contribution in [1.29, 1.82) is 0 Å². The second-order valence-corrected chi connectivity index (χ2v) is 5.93. The summed E-state index contributed by atoms with van der Waals surface area (Å²) in [5.74, 6) is 0.993. The van der Waals surface area contributed by atoms with Gasteiger partial charge in [-0.05, 0) is 56.2 Å². The summed E-state index contributed by atoms with van der Waals surface area (Å²) in [6.45, 7) is 2.69. The molecule has 1 saturated carbocycles. The second-order valence-electron chi connectivity index (χ2n) is 5.93. The van der Waals surface area contributed by atoms with Gasteiger partial charge in [0.15, 0.2) is 0 Å². The molecule has 0 bridgehead atoms. The minimum atomic E-state index is 0.479. The summed E-state index contributed by atoms with van der Waals surface area (Å²) in [5.41, 5.74) is 1.31. The predicted octanol–water partition coefficient (Wildman–Crippen LogP) is 3.28.